The summed E-state index contributed by atoms with van der Waals surface area (Å²) in [4.78, 5) is 30.5. The fourth-order valence-electron chi connectivity index (χ4n) is 3.55. The molecule has 5 aromatic rings. The van der Waals surface area contributed by atoms with E-state index < -0.39 is 11.5 Å². The van der Waals surface area contributed by atoms with Gasteiger partial charge in [-0.15, -0.1) is 0 Å². The Kier molecular flexibility index (Phi) is 5.19. The summed E-state index contributed by atoms with van der Waals surface area (Å²) in [6.07, 6.45) is 1.84. The van der Waals surface area contributed by atoms with Crippen LogP contribution in [0.15, 0.2) is 85.0 Å². The predicted octanol–water partition coefficient (Wildman–Crippen LogP) is 6.19. The number of hydrogen-bond acceptors (Lipinski definition) is 4. The zero-order valence-corrected chi connectivity index (χ0v) is 19.9. The minimum absolute atomic E-state index is 0.0939. The second kappa shape index (κ2) is 8.03. The lowest BCUT2D eigenvalue weighted by atomic mass is 10.1. The maximum Gasteiger partial charge on any atom is 0.349 e. The molecule has 5 rings (SSSR count). The summed E-state index contributed by atoms with van der Waals surface area (Å²) in [5.41, 5.74) is 2.77. The molecule has 0 aliphatic carbocycles. The molecule has 32 heavy (non-hydrogen) atoms. The SMILES string of the molecule is Cc1ccn2c(NC(=O)c3cc4cc(Br)cc(Br)c4oc3=O)c(-c3ccccc3)nc2c1. The molecule has 0 aliphatic rings. The van der Waals surface area contributed by atoms with Gasteiger partial charge in [-0.2, -0.15) is 0 Å². The van der Waals surface area contributed by atoms with E-state index >= 15 is 0 Å². The smallest absolute Gasteiger partial charge is 0.349 e. The van der Waals surface area contributed by atoms with E-state index in [0.717, 1.165) is 15.6 Å². The summed E-state index contributed by atoms with van der Waals surface area (Å²) in [6, 6.07) is 18.5. The van der Waals surface area contributed by atoms with Gasteiger partial charge in [-0.25, -0.2) is 9.78 Å². The van der Waals surface area contributed by atoms with Crippen molar-refractivity contribution in [2.45, 2.75) is 6.92 Å². The fourth-order valence-corrected chi connectivity index (χ4v) is 4.89. The largest absolute Gasteiger partial charge is 0.421 e. The lowest BCUT2D eigenvalue weighted by molar-refractivity contribution is 0.102. The molecule has 1 N–H and O–H groups in total. The molecule has 0 bridgehead atoms. The van der Waals surface area contributed by atoms with Gasteiger partial charge in [0.15, 0.2) is 5.58 Å². The molecule has 0 spiro atoms. The Morgan fingerprint density at radius 1 is 1.06 bits per heavy atom. The van der Waals surface area contributed by atoms with E-state index in [1.807, 2.05) is 55.6 Å². The summed E-state index contributed by atoms with van der Waals surface area (Å²) in [6.45, 7) is 1.98. The molecule has 3 aromatic heterocycles. The fraction of sp³-hybridized carbons (Fsp3) is 0.0417. The van der Waals surface area contributed by atoms with Gasteiger partial charge in [-0.3, -0.25) is 9.20 Å². The molecule has 1 amide bonds. The predicted molar refractivity (Wildman–Crippen MR) is 131 cm³/mol. The number of imidazole rings is 1. The normalized spacial score (nSPS) is 11.2. The van der Waals surface area contributed by atoms with Crippen LogP contribution in [0, 0.1) is 6.92 Å². The number of aromatic nitrogens is 2. The average molecular weight is 553 g/mol. The second-order valence-corrected chi connectivity index (χ2v) is 9.08. The highest BCUT2D eigenvalue weighted by atomic mass is 79.9. The molecule has 8 heteroatoms. The molecule has 0 unspecified atom stereocenters. The molecule has 0 radical (unpaired) electrons. The van der Waals surface area contributed by atoms with Gasteiger partial charge >= 0.3 is 5.63 Å². The molecule has 2 aromatic carbocycles. The monoisotopic (exact) mass is 551 g/mol. The van der Waals surface area contributed by atoms with Gasteiger partial charge in [0.25, 0.3) is 5.91 Å². The van der Waals surface area contributed by atoms with Crippen LogP contribution in [0.2, 0.25) is 0 Å². The van der Waals surface area contributed by atoms with Gasteiger partial charge in [-0.1, -0.05) is 46.3 Å². The number of nitrogens with zero attached hydrogens (tertiary/aromatic N) is 2. The van der Waals surface area contributed by atoms with E-state index in [0.29, 0.717) is 32.6 Å². The first kappa shape index (κ1) is 20.7. The van der Waals surface area contributed by atoms with Crippen LogP contribution in [0.25, 0.3) is 27.9 Å². The van der Waals surface area contributed by atoms with E-state index in [1.165, 1.54) is 6.07 Å². The summed E-state index contributed by atoms with van der Waals surface area (Å²) >= 11 is 6.80. The highest BCUT2D eigenvalue weighted by molar-refractivity contribution is 9.11. The Bertz CT molecular complexity index is 1570. The van der Waals surface area contributed by atoms with E-state index in [9.17, 15) is 9.59 Å². The number of fused-ring (bicyclic) bond motifs is 2. The number of pyridine rings is 1. The molecule has 6 nitrogen and oxygen atoms in total. The van der Waals surface area contributed by atoms with Gasteiger partial charge in [0.1, 0.15) is 22.7 Å². The van der Waals surface area contributed by atoms with Crippen LogP contribution in [0.4, 0.5) is 5.82 Å². The number of halogens is 2. The summed E-state index contributed by atoms with van der Waals surface area (Å²) < 4.78 is 8.64. The highest BCUT2D eigenvalue weighted by Crippen LogP contribution is 2.31. The van der Waals surface area contributed by atoms with Crippen molar-refractivity contribution in [3.63, 3.8) is 0 Å². The maximum atomic E-state index is 13.2. The molecule has 0 fully saturated rings. The quantitative estimate of drug-likeness (QED) is 0.271. The number of carbonyl (C=O) groups is 1. The van der Waals surface area contributed by atoms with E-state index in [2.05, 4.69) is 37.2 Å². The van der Waals surface area contributed by atoms with Gasteiger partial charge in [-0.05, 0) is 58.7 Å². The maximum absolute atomic E-state index is 13.2. The molecular weight excluding hydrogens is 538 g/mol. The zero-order chi connectivity index (χ0) is 22.4. The standard InChI is InChI=1S/C24H15Br2N3O3/c1-13-7-8-29-19(9-13)27-20(14-5-3-2-4-6-14)22(29)28-23(30)17-11-15-10-16(25)12-18(26)21(15)32-24(17)31/h2-12H,1H3,(H,28,30). The number of aryl methyl sites for hydroxylation is 1. The first-order valence-electron chi connectivity index (χ1n) is 9.69. The zero-order valence-electron chi connectivity index (χ0n) is 16.7. The first-order chi connectivity index (χ1) is 15.4. The Morgan fingerprint density at radius 2 is 1.84 bits per heavy atom. The van der Waals surface area contributed by atoms with Gasteiger partial charge in [0.05, 0.1) is 4.47 Å². The van der Waals surface area contributed by atoms with Crippen LogP contribution in [-0.4, -0.2) is 15.3 Å². The number of hydrogen-bond donors (Lipinski definition) is 1. The average Bonchev–Trinajstić information content (AvgIpc) is 3.11. The molecule has 0 atom stereocenters. The topological polar surface area (TPSA) is 76.6 Å². The Labute approximate surface area is 199 Å². The van der Waals surface area contributed by atoms with Crippen LogP contribution < -0.4 is 10.9 Å². The van der Waals surface area contributed by atoms with E-state index in [1.54, 1.807) is 16.5 Å². The lowest BCUT2D eigenvalue weighted by Gasteiger charge is -2.09. The number of anilines is 1. The molecule has 0 aliphatic heterocycles. The minimum atomic E-state index is -0.719. The third kappa shape index (κ3) is 3.65. The summed E-state index contributed by atoms with van der Waals surface area (Å²) in [7, 11) is 0. The van der Waals surface area contributed by atoms with Crippen LogP contribution in [-0.2, 0) is 0 Å². The number of benzene rings is 2. The van der Waals surface area contributed by atoms with Crippen molar-refractivity contribution >= 4 is 60.2 Å². The van der Waals surface area contributed by atoms with Crippen LogP contribution in [0.3, 0.4) is 0 Å². The van der Waals surface area contributed by atoms with Crippen LogP contribution in [0.1, 0.15) is 15.9 Å². The number of nitrogens with one attached hydrogen (secondary N) is 1. The first-order valence-corrected chi connectivity index (χ1v) is 11.3. The molecule has 158 valence electrons. The van der Waals surface area contributed by atoms with Crippen molar-refractivity contribution < 1.29 is 9.21 Å². The molecule has 0 saturated carbocycles. The minimum Gasteiger partial charge on any atom is -0.421 e. The number of rotatable bonds is 3. The number of amides is 1. The van der Waals surface area contributed by atoms with Gasteiger partial charge in [0.2, 0.25) is 0 Å². The van der Waals surface area contributed by atoms with Crippen molar-refractivity contribution in [2.75, 3.05) is 5.32 Å². The van der Waals surface area contributed by atoms with Crippen molar-refractivity contribution in [3.05, 3.63) is 97.4 Å². The van der Waals surface area contributed by atoms with Crippen LogP contribution >= 0.6 is 31.9 Å². The van der Waals surface area contributed by atoms with Crippen LogP contribution in [0.5, 0.6) is 0 Å². The van der Waals surface area contributed by atoms with Gasteiger partial charge in [0, 0.05) is 21.6 Å². The highest BCUT2D eigenvalue weighted by Gasteiger charge is 2.21. The van der Waals surface area contributed by atoms with Crippen molar-refractivity contribution in [1.82, 2.24) is 9.38 Å². The second-order valence-electron chi connectivity index (χ2n) is 7.31. The summed E-state index contributed by atoms with van der Waals surface area (Å²) in [5, 5.41) is 3.50. The molecule has 0 saturated heterocycles. The van der Waals surface area contributed by atoms with E-state index in [-0.39, 0.29) is 5.56 Å². The Balaban J connectivity index is 1.64. The summed E-state index contributed by atoms with van der Waals surface area (Å²) in [5.74, 6) is -0.0950. The lowest BCUT2D eigenvalue weighted by Crippen LogP contribution is -2.21. The Morgan fingerprint density at radius 3 is 2.62 bits per heavy atom. The third-order valence-corrected chi connectivity index (χ3v) is 6.10. The van der Waals surface area contributed by atoms with Gasteiger partial charge < -0.3 is 9.73 Å². The van der Waals surface area contributed by atoms with E-state index in [4.69, 9.17) is 9.40 Å². The third-order valence-electron chi connectivity index (χ3n) is 5.06. The Hall–Kier alpha value is -3.23. The molecule has 3 heterocycles. The van der Waals surface area contributed by atoms with Crippen molar-refractivity contribution in [2.24, 2.45) is 0 Å². The number of carbonyl (C=O) groups excluding carboxylic acids is 1. The molecular formula is C24H15Br2N3O3. The van der Waals surface area contributed by atoms with Crippen molar-refractivity contribution in [3.8, 4) is 11.3 Å². The van der Waals surface area contributed by atoms with Crippen molar-refractivity contribution in [1.29, 1.82) is 0 Å².